The fourth-order valence-electron chi connectivity index (χ4n) is 3.55. The Kier molecular flexibility index (Phi) is 9.26. The normalized spacial score (nSPS) is 11.8. The number of carbonyl (C=O) groups is 1. The first-order chi connectivity index (χ1) is 16.0. The molecule has 0 aromatic heterocycles. The summed E-state index contributed by atoms with van der Waals surface area (Å²) in [6, 6.07) is 27.2. The van der Waals surface area contributed by atoms with Gasteiger partial charge >= 0.3 is 5.97 Å². The average molecular weight is 507 g/mol. The lowest BCUT2D eigenvalue weighted by Crippen LogP contribution is -2.35. The van der Waals surface area contributed by atoms with Crippen LogP contribution in [0.25, 0.3) is 0 Å². The fourth-order valence-corrected chi connectivity index (χ4v) is 3.81. The predicted octanol–water partition coefficient (Wildman–Crippen LogP) is 6.13. The molecule has 0 heterocycles. The summed E-state index contributed by atoms with van der Waals surface area (Å²) in [7, 11) is 0. The Labute approximate surface area is 204 Å². The lowest BCUT2D eigenvalue weighted by Gasteiger charge is -2.34. The van der Waals surface area contributed by atoms with Crippen LogP contribution in [0.4, 0.5) is 0 Å². The van der Waals surface area contributed by atoms with E-state index in [2.05, 4.69) is 52.0 Å². The average Bonchev–Trinajstić information content (AvgIpc) is 2.84. The van der Waals surface area contributed by atoms with Crippen LogP contribution in [0, 0.1) is 11.8 Å². The zero-order chi connectivity index (χ0) is 23.5. The minimum atomic E-state index is -0.601. The maximum atomic E-state index is 12.3. The van der Waals surface area contributed by atoms with E-state index in [1.165, 1.54) is 0 Å². The monoisotopic (exact) mass is 506 g/mol. The van der Waals surface area contributed by atoms with Gasteiger partial charge in [0.2, 0.25) is 0 Å². The second-order valence-electron chi connectivity index (χ2n) is 7.47. The summed E-state index contributed by atoms with van der Waals surface area (Å²) in [6.45, 7) is 4.72. The highest BCUT2D eigenvalue weighted by Gasteiger charge is 2.34. The van der Waals surface area contributed by atoms with E-state index in [4.69, 9.17) is 14.2 Å². The summed E-state index contributed by atoms with van der Waals surface area (Å²) < 4.78 is 17.9. The van der Waals surface area contributed by atoms with Gasteiger partial charge in [-0.05, 0) is 49.2 Å². The fraction of sp³-hybridized carbons (Fsp3) is 0.250. The van der Waals surface area contributed by atoms with Gasteiger partial charge in [0.1, 0.15) is 5.75 Å². The smallest absolute Gasteiger partial charge is 0.389 e. The molecular formula is C28H27BrO4. The van der Waals surface area contributed by atoms with Crippen molar-refractivity contribution in [2.45, 2.75) is 32.0 Å². The summed E-state index contributed by atoms with van der Waals surface area (Å²) in [4.78, 5) is 12.3. The molecule has 33 heavy (non-hydrogen) atoms. The van der Waals surface area contributed by atoms with E-state index in [0.717, 1.165) is 15.6 Å². The van der Waals surface area contributed by atoms with Crippen LogP contribution >= 0.6 is 15.9 Å². The number of hydrogen-bond acceptors (Lipinski definition) is 4. The SMILES string of the molecule is CCOC(C)OCC(CC#CC(=O)Oc1ccc(Br)cc1)(c1ccccc1)c1ccccc1. The molecule has 1 unspecified atom stereocenters. The Hall–Kier alpha value is -2.91. The van der Waals surface area contributed by atoms with Crippen molar-refractivity contribution in [1.82, 2.24) is 0 Å². The second kappa shape index (κ2) is 12.4. The van der Waals surface area contributed by atoms with Gasteiger partial charge in [0, 0.05) is 23.4 Å². The van der Waals surface area contributed by atoms with Crippen molar-refractivity contribution in [3.05, 3.63) is 101 Å². The van der Waals surface area contributed by atoms with Crippen molar-refractivity contribution in [2.75, 3.05) is 13.2 Å². The van der Waals surface area contributed by atoms with Crippen LogP contribution in [0.1, 0.15) is 31.4 Å². The van der Waals surface area contributed by atoms with Crippen LogP contribution in [-0.4, -0.2) is 25.5 Å². The summed E-state index contributed by atoms with van der Waals surface area (Å²) in [5, 5.41) is 0. The minimum absolute atomic E-state index is 0.346. The van der Waals surface area contributed by atoms with Gasteiger partial charge in [-0.1, -0.05) is 82.5 Å². The summed E-state index contributed by atoms with van der Waals surface area (Å²) in [5.41, 5.74) is 1.52. The third-order valence-corrected chi connectivity index (χ3v) is 5.75. The highest BCUT2D eigenvalue weighted by atomic mass is 79.9. The molecule has 0 aliphatic heterocycles. The highest BCUT2D eigenvalue weighted by Crippen LogP contribution is 2.36. The second-order valence-corrected chi connectivity index (χ2v) is 8.39. The van der Waals surface area contributed by atoms with Crippen LogP contribution in [0.3, 0.4) is 0 Å². The van der Waals surface area contributed by atoms with Crippen LogP contribution < -0.4 is 4.74 Å². The third-order valence-electron chi connectivity index (χ3n) is 5.22. The maximum absolute atomic E-state index is 12.3. The molecule has 170 valence electrons. The lowest BCUT2D eigenvalue weighted by atomic mass is 9.72. The molecule has 5 heteroatoms. The number of halogens is 1. The number of ether oxygens (including phenoxy) is 3. The van der Waals surface area contributed by atoms with Crippen molar-refractivity contribution >= 4 is 21.9 Å². The first kappa shape index (κ1) is 24.7. The molecule has 0 spiro atoms. The van der Waals surface area contributed by atoms with Crippen molar-refractivity contribution in [2.24, 2.45) is 0 Å². The Morgan fingerprint density at radius 2 is 1.48 bits per heavy atom. The number of hydrogen-bond donors (Lipinski definition) is 0. The van der Waals surface area contributed by atoms with Crippen molar-refractivity contribution in [3.63, 3.8) is 0 Å². The summed E-state index contributed by atoms with van der Waals surface area (Å²) in [6.07, 6.45) is 0.00658. The van der Waals surface area contributed by atoms with Gasteiger partial charge in [-0.2, -0.15) is 0 Å². The van der Waals surface area contributed by atoms with Crippen LogP contribution in [0.2, 0.25) is 0 Å². The molecule has 0 fully saturated rings. The topological polar surface area (TPSA) is 44.8 Å². The van der Waals surface area contributed by atoms with E-state index < -0.39 is 11.4 Å². The van der Waals surface area contributed by atoms with E-state index in [1.807, 2.05) is 62.4 Å². The molecule has 0 amide bonds. The molecular weight excluding hydrogens is 480 g/mol. The number of rotatable bonds is 9. The largest absolute Gasteiger partial charge is 0.417 e. The van der Waals surface area contributed by atoms with E-state index >= 15 is 0 Å². The molecule has 3 aromatic carbocycles. The molecule has 0 bridgehead atoms. The van der Waals surface area contributed by atoms with E-state index in [9.17, 15) is 4.79 Å². The van der Waals surface area contributed by atoms with Gasteiger partial charge in [0.05, 0.1) is 12.0 Å². The van der Waals surface area contributed by atoms with Gasteiger partial charge in [0.15, 0.2) is 6.29 Å². The van der Waals surface area contributed by atoms with Crippen LogP contribution in [0.5, 0.6) is 5.75 Å². The zero-order valence-corrected chi connectivity index (χ0v) is 20.4. The molecule has 0 aliphatic carbocycles. The molecule has 3 aromatic rings. The first-order valence-electron chi connectivity index (χ1n) is 10.8. The maximum Gasteiger partial charge on any atom is 0.389 e. The Balaban J connectivity index is 1.90. The van der Waals surface area contributed by atoms with Gasteiger partial charge in [-0.15, -0.1) is 0 Å². The Morgan fingerprint density at radius 1 is 0.909 bits per heavy atom. The van der Waals surface area contributed by atoms with Gasteiger partial charge in [0.25, 0.3) is 0 Å². The van der Waals surface area contributed by atoms with Gasteiger partial charge < -0.3 is 14.2 Å². The molecule has 3 rings (SSSR count). The number of benzene rings is 3. The van der Waals surface area contributed by atoms with Crippen LogP contribution in [0.15, 0.2) is 89.4 Å². The van der Waals surface area contributed by atoms with Crippen molar-refractivity contribution < 1.29 is 19.0 Å². The first-order valence-corrected chi connectivity index (χ1v) is 11.6. The number of carbonyl (C=O) groups excluding carboxylic acids is 1. The quantitative estimate of drug-likeness (QED) is 0.115. The molecule has 0 N–H and O–H groups in total. The standard InChI is InChI=1S/C28H27BrO4/c1-3-31-22(2)32-21-28(23-11-6-4-7-12-23,24-13-8-5-9-14-24)20-10-15-27(30)33-26-18-16-25(29)17-19-26/h4-9,11-14,16-19,22H,3,20-21H2,1-2H3. The van der Waals surface area contributed by atoms with E-state index in [-0.39, 0.29) is 6.29 Å². The molecule has 1 atom stereocenters. The predicted molar refractivity (Wildman–Crippen MR) is 133 cm³/mol. The van der Waals surface area contributed by atoms with Gasteiger partial charge in [-0.3, -0.25) is 0 Å². The van der Waals surface area contributed by atoms with Gasteiger partial charge in [-0.25, -0.2) is 4.79 Å². The van der Waals surface area contributed by atoms with E-state index in [1.54, 1.807) is 12.1 Å². The zero-order valence-electron chi connectivity index (χ0n) is 18.8. The minimum Gasteiger partial charge on any atom is -0.417 e. The molecule has 0 radical (unpaired) electrons. The summed E-state index contributed by atoms with van der Waals surface area (Å²) >= 11 is 3.37. The lowest BCUT2D eigenvalue weighted by molar-refractivity contribution is -0.135. The van der Waals surface area contributed by atoms with Crippen LogP contribution in [-0.2, 0) is 19.7 Å². The third kappa shape index (κ3) is 7.03. The van der Waals surface area contributed by atoms with E-state index in [0.29, 0.717) is 25.4 Å². The molecule has 4 nitrogen and oxygen atoms in total. The molecule has 0 saturated heterocycles. The summed E-state index contributed by atoms with van der Waals surface area (Å²) in [5.74, 6) is 5.55. The number of esters is 1. The van der Waals surface area contributed by atoms with Crippen molar-refractivity contribution in [1.29, 1.82) is 0 Å². The highest BCUT2D eigenvalue weighted by molar-refractivity contribution is 9.10. The Bertz CT molecular complexity index is 1030. The molecule has 0 saturated carbocycles. The molecule has 0 aliphatic rings. The Morgan fingerprint density at radius 3 is 2.03 bits per heavy atom. The van der Waals surface area contributed by atoms with Crippen molar-refractivity contribution in [3.8, 4) is 17.6 Å².